The number of rotatable bonds is 7. The summed E-state index contributed by atoms with van der Waals surface area (Å²) in [7, 11) is -2.40. The summed E-state index contributed by atoms with van der Waals surface area (Å²) >= 11 is 7.47. The van der Waals surface area contributed by atoms with Gasteiger partial charge in [-0.3, -0.25) is 0 Å². The number of ether oxygens (including phenoxy) is 1. The van der Waals surface area contributed by atoms with Crippen LogP contribution in [0.5, 0.6) is 5.75 Å². The molecule has 0 saturated carbocycles. The molecule has 30 heavy (non-hydrogen) atoms. The van der Waals surface area contributed by atoms with Gasteiger partial charge in [-0.1, -0.05) is 17.7 Å². The average molecular weight is 461 g/mol. The standard InChI is InChI=1S/C20H17ClN4O3S2/c1-28-16-8-4-14(5-9-16)19-23-20(22-13-17-3-2-12-29-17)25(24-19)30(26,27)18-10-6-15(21)7-11-18/h2-12H,13H2,1H3,(H,22,23,24). The first-order valence-corrected chi connectivity index (χ1v) is 11.6. The molecule has 0 amide bonds. The molecule has 2 aromatic carbocycles. The lowest BCUT2D eigenvalue weighted by molar-refractivity contribution is 0.415. The topological polar surface area (TPSA) is 86.1 Å². The van der Waals surface area contributed by atoms with Crippen LogP contribution in [0.25, 0.3) is 11.4 Å². The van der Waals surface area contributed by atoms with E-state index in [9.17, 15) is 8.42 Å². The predicted octanol–water partition coefficient (Wildman–Crippen LogP) is 4.52. The van der Waals surface area contributed by atoms with Gasteiger partial charge >= 0.3 is 0 Å². The summed E-state index contributed by atoms with van der Waals surface area (Å²) in [6, 6.07) is 16.9. The molecule has 0 spiro atoms. The second-order valence-corrected chi connectivity index (χ2v) is 9.46. The van der Waals surface area contributed by atoms with Crippen molar-refractivity contribution in [2.75, 3.05) is 12.4 Å². The SMILES string of the molecule is COc1ccc(-c2nc(NCc3cccs3)n(S(=O)(=O)c3ccc(Cl)cc3)n2)cc1. The first-order valence-electron chi connectivity index (χ1n) is 8.86. The van der Waals surface area contributed by atoms with E-state index in [0.717, 1.165) is 8.96 Å². The summed E-state index contributed by atoms with van der Waals surface area (Å²) in [6.45, 7) is 0.425. The van der Waals surface area contributed by atoms with Gasteiger partial charge in [0.05, 0.1) is 18.6 Å². The molecule has 0 aliphatic heterocycles. The number of hydrogen-bond donors (Lipinski definition) is 1. The molecular weight excluding hydrogens is 444 g/mol. The van der Waals surface area contributed by atoms with E-state index in [4.69, 9.17) is 16.3 Å². The first-order chi connectivity index (χ1) is 14.5. The molecule has 0 radical (unpaired) electrons. The van der Waals surface area contributed by atoms with E-state index in [1.807, 2.05) is 17.5 Å². The van der Waals surface area contributed by atoms with Crippen LogP contribution >= 0.6 is 22.9 Å². The average Bonchev–Trinajstić information content (AvgIpc) is 3.43. The fourth-order valence-corrected chi connectivity index (χ4v) is 4.69. The molecule has 0 saturated heterocycles. The maximum atomic E-state index is 13.2. The zero-order chi connectivity index (χ0) is 21.1. The fraction of sp³-hybridized carbons (Fsp3) is 0.100. The van der Waals surface area contributed by atoms with E-state index in [-0.39, 0.29) is 16.7 Å². The van der Waals surface area contributed by atoms with Crippen LogP contribution in [-0.2, 0) is 16.6 Å². The zero-order valence-corrected chi connectivity index (χ0v) is 18.2. The number of anilines is 1. The van der Waals surface area contributed by atoms with Crippen molar-refractivity contribution in [2.24, 2.45) is 0 Å². The quantitative estimate of drug-likeness (QED) is 0.436. The Kier molecular flexibility index (Phi) is 5.76. The Morgan fingerprint density at radius 2 is 1.83 bits per heavy atom. The summed E-state index contributed by atoms with van der Waals surface area (Å²) in [5.41, 5.74) is 0.667. The molecule has 2 aromatic heterocycles. The normalized spacial score (nSPS) is 11.4. The van der Waals surface area contributed by atoms with Crippen LogP contribution in [0, 0.1) is 0 Å². The van der Waals surface area contributed by atoms with Gasteiger partial charge in [0.25, 0.3) is 10.0 Å². The molecule has 1 N–H and O–H groups in total. The van der Waals surface area contributed by atoms with E-state index < -0.39 is 10.0 Å². The number of methoxy groups -OCH3 is 1. The summed E-state index contributed by atoms with van der Waals surface area (Å²) in [5.74, 6) is 1.09. The lowest BCUT2D eigenvalue weighted by Crippen LogP contribution is -2.18. The highest BCUT2D eigenvalue weighted by Crippen LogP contribution is 2.25. The van der Waals surface area contributed by atoms with Gasteiger partial charge in [0.2, 0.25) is 5.95 Å². The molecule has 4 rings (SSSR count). The molecule has 0 bridgehead atoms. The van der Waals surface area contributed by atoms with E-state index in [0.29, 0.717) is 22.9 Å². The monoisotopic (exact) mass is 460 g/mol. The number of nitrogens with one attached hydrogen (secondary N) is 1. The molecular formula is C20H17ClN4O3S2. The van der Waals surface area contributed by atoms with Crippen LogP contribution in [0.1, 0.15) is 4.88 Å². The minimum atomic E-state index is -3.98. The van der Waals surface area contributed by atoms with Crippen LogP contribution in [0.2, 0.25) is 5.02 Å². The highest BCUT2D eigenvalue weighted by atomic mass is 35.5. The Labute approximate surface area is 183 Å². The molecule has 0 fully saturated rings. The van der Waals surface area contributed by atoms with E-state index in [2.05, 4.69) is 15.4 Å². The van der Waals surface area contributed by atoms with Crippen molar-refractivity contribution in [3.05, 3.63) is 75.9 Å². The second-order valence-electron chi connectivity index (χ2n) is 6.22. The fourth-order valence-electron chi connectivity index (χ4n) is 2.72. The predicted molar refractivity (Wildman–Crippen MR) is 118 cm³/mol. The van der Waals surface area contributed by atoms with Crippen molar-refractivity contribution in [1.29, 1.82) is 0 Å². The smallest absolute Gasteiger partial charge is 0.286 e. The summed E-state index contributed by atoms with van der Waals surface area (Å²) in [6.07, 6.45) is 0. The third kappa shape index (κ3) is 4.18. The molecule has 7 nitrogen and oxygen atoms in total. The van der Waals surface area contributed by atoms with Crippen LogP contribution in [0.3, 0.4) is 0 Å². The van der Waals surface area contributed by atoms with Crippen molar-refractivity contribution in [3.63, 3.8) is 0 Å². The molecule has 0 aliphatic rings. The van der Waals surface area contributed by atoms with Crippen LogP contribution in [-0.4, -0.2) is 29.7 Å². The number of benzene rings is 2. The Hall–Kier alpha value is -2.88. The van der Waals surface area contributed by atoms with Crippen LogP contribution in [0.15, 0.2) is 70.9 Å². The second kappa shape index (κ2) is 8.47. The molecule has 154 valence electrons. The van der Waals surface area contributed by atoms with Gasteiger partial charge in [-0.15, -0.1) is 20.5 Å². The molecule has 4 aromatic rings. The number of hydrogen-bond acceptors (Lipinski definition) is 7. The van der Waals surface area contributed by atoms with Gasteiger partial charge < -0.3 is 10.1 Å². The van der Waals surface area contributed by atoms with E-state index in [1.54, 1.807) is 42.7 Å². The molecule has 0 atom stereocenters. The Morgan fingerprint density at radius 1 is 1.10 bits per heavy atom. The van der Waals surface area contributed by atoms with Crippen molar-refractivity contribution < 1.29 is 13.2 Å². The Morgan fingerprint density at radius 3 is 2.47 bits per heavy atom. The zero-order valence-electron chi connectivity index (χ0n) is 15.8. The van der Waals surface area contributed by atoms with Crippen molar-refractivity contribution >= 4 is 38.9 Å². The highest BCUT2D eigenvalue weighted by Gasteiger charge is 2.24. The van der Waals surface area contributed by atoms with Gasteiger partial charge in [-0.25, -0.2) is 0 Å². The minimum absolute atomic E-state index is 0.0669. The van der Waals surface area contributed by atoms with E-state index in [1.165, 1.54) is 24.3 Å². The molecule has 0 aliphatic carbocycles. The van der Waals surface area contributed by atoms with Crippen molar-refractivity contribution in [2.45, 2.75) is 11.4 Å². The number of nitrogens with zero attached hydrogens (tertiary/aromatic N) is 3. The van der Waals surface area contributed by atoms with E-state index >= 15 is 0 Å². The van der Waals surface area contributed by atoms with Gasteiger partial charge in [-0.05, 0) is 60.0 Å². The third-order valence-electron chi connectivity index (χ3n) is 4.27. The highest BCUT2D eigenvalue weighted by molar-refractivity contribution is 7.90. The van der Waals surface area contributed by atoms with Gasteiger partial charge in [0.1, 0.15) is 5.75 Å². The number of aromatic nitrogens is 3. The maximum Gasteiger partial charge on any atom is 0.286 e. The summed E-state index contributed by atoms with van der Waals surface area (Å²) < 4.78 is 32.6. The minimum Gasteiger partial charge on any atom is -0.497 e. The molecule has 0 unspecified atom stereocenters. The number of halogens is 1. The largest absolute Gasteiger partial charge is 0.497 e. The molecule has 10 heteroatoms. The Balaban J connectivity index is 1.75. The molecule has 2 heterocycles. The van der Waals surface area contributed by atoms with Gasteiger partial charge in [0.15, 0.2) is 5.82 Å². The van der Waals surface area contributed by atoms with Crippen molar-refractivity contribution in [1.82, 2.24) is 14.2 Å². The third-order valence-corrected chi connectivity index (χ3v) is 6.97. The Bertz CT molecular complexity index is 1240. The number of thiophene rings is 1. The maximum absolute atomic E-state index is 13.2. The summed E-state index contributed by atoms with van der Waals surface area (Å²) in [4.78, 5) is 5.55. The van der Waals surface area contributed by atoms with Gasteiger partial charge in [0, 0.05) is 15.5 Å². The first kappa shape index (κ1) is 20.4. The lowest BCUT2D eigenvalue weighted by atomic mass is 10.2. The van der Waals surface area contributed by atoms with Gasteiger partial charge in [-0.2, -0.15) is 13.4 Å². The van der Waals surface area contributed by atoms with Crippen molar-refractivity contribution in [3.8, 4) is 17.1 Å². The van der Waals surface area contributed by atoms with Crippen LogP contribution < -0.4 is 10.1 Å². The summed E-state index contributed by atoms with van der Waals surface area (Å²) in [5, 5.41) is 9.78. The lowest BCUT2D eigenvalue weighted by Gasteiger charge is -2.08. The van der Waals surface area contributed by atoms with Crippen LogP contribution in [0.4, 0.5) is 5.95 Å².